The van der Waals surface area contributed by atoms with E-state index in [-0.39, 0.29) is 44.6 Å². The molecular formula is C32H35FN6O7. The fraction of sp³-hybridized carbons (Fsp3) is 0.469. The van der Waals surface area contributed by atoms with E-state index in [0.29, 0.717) is 24.0 Å². The Kier molecular flexibility index (Phi) is 8.69. The van der Waals surface area contributed by atoms with Crippen molar-refractivity contribution in [2.45, 2.75) is 81.8 Å². The molecule has 6 rings (SSSR count). The molecule has 0 spiro atoms. The number of carboxylic acids is 1. The second-order valence-electron chi connectivity index (χ2n) is 12.2. The lowest BCUT2D eigenvalue weighted by Gasteiger charge is -2.29. The summed E-state index contributed by atoms with van der Waals surface area (Å²) in [5.74, 6) is -3.84. The van der Waals surface area contributed by atoms with Gasteiger partial charge in [-0.15, -0.1) is 0 Å². The molecule has 2 fully saturated rings. The van der Waals surface area contributed by atoms with Crippen molar-refractivity contribution in [2.24, 2.45) is 5.92 Å². The number of hydrogen-bond acceptors (Lipinski definition) is 8. The van der Waals surface area contributed by atoms with E-state index < -0.39 is 65.2 Å². The molecule has 4 amide bonds. The number of amides is 4. The maximum atomic E-state index is 14.3. The molecule has 46 heavy (non-hydrogen) atoms. The second-order valence-corrected chi connectivity index (χ2v) is 12.2. The van der Waals surface area contributed by atoms with Crippen molar-refractivity contribution < 1.29 is 38.2 Å². The lowest BCUT2D eigenvalue weighted by molar-refractivity contribution is -0.145. The average Bonchev–Trinajstić information content (AvgIpc) is 3.35. The predicted octanol–water partition coefficient (Wildman–Crippen LogP) is 2.32. The first-order valence-corrected chi connectivity index (χ1v) is 15.5. The number of carboxylic acid groups (broad SMARTS) is 1. The van der Waals surface area contributed by atoms with Crippen LogP contribution in [0.2, 0.25) is 0 Å². The van der Waals surface area contributed by atoms with Crippen LogP contribution in [0, 0.1) is 11.7 Å². The summed E-state index contributed by atoms with van der Waals surface area (Å²) in [6, 6.07) is 2.43. The van der Waals surface area contributed by atoms with E-state index in [1.54, 1.807) is 12.1 Å². The fourth-order valence-corrected chi connectivity index (χ4v) is 6.52. The number of carbonyl (C=O) groups excluding carboxylic acids is 4. The molecule has 1 aromatic heterocycles. The van der Waals surface area contributed by atoms with E-state index in [4.69, 9.17) is 4.74 Å². The van der Waals surface area contributed by atoms with Crippen molar-refractivity contribution in [3.05, 3.63) is 71.6 Å². The molecule has 4 heterocycles. The molecule has 1 saturated carbocycles. The zero-order valence-corrected chi connectivity index (χ0v) is 25.1. The van der Waals surface area contributed by atoms with Crippen LogP contribution in [0.3, 0.4) is 0 Å². The van der Waals surface area contributed by atoms with Crippen molar-refractivity contribution in [3.8, 4) is 0 Å². The molecule has 242 valence electrons. The average molecular weight is 635 g/mol. The highest BCUT2D eigenvalue weighted by Crippen LogP contribution is 2.45. The highest BCUT2D eigenvalue weighted by molar-refractivity contribution is 5.98. The van der Waals surface area contributed by atoms with E-state index in [2.05, 4.69) is 20.6 Å². The Morgan fingerprint density at radius 1 is 1.13 bits per heavy atom. The van der Waals surface area contributed by atoms with Crippen LogP contribution in [0.15, 0.2) is 48.9 Å². The van der Waals surface area contributed by atoms with Gasteiger partial charge in [0.15, 0.2) is 0 Å². The molecule has 4 aliphatic rings. The number of nitrogens with one attached hydrogen (secondary N) is 2. The van der Waals surface area contributed by atoms with Gasteiger partial charge in [-0.05, 0) is 37.3 Å². The molecule has 13 nitrogen and oxygen atoms in total. The third-order valence-electron chi connectivity index (χ3n) is 9.17. The lowest BCUT2D eigenvalue weighted by atomic mass is 10.0. The monoisotopic (exact) mass is 634 g/mol. The van der Waals surface area contributed by atoms with Gasteiger partial charge in [-0.1, -0.05) is 37.1 Å². The summed E-state index contributed by atoms with van der Waals surface area (Å²) in [6.45, 7) is 0.0170. The highest BCUT2D eigenvalue weighted by Gasteiger charge is 2.61. The molecule has 0 radical (unpaired) electrons. The van der Waals surface area contributed by atoms with E-state index >= 15 is 0 Å². The number of benzene rings is 1. The normalized spacial score (nSPS) is 28.5. The largest absolute Gasteiger partial charge is 0.479 e. The van der Waals surface area contributed by atoms with Gasteiger partial charge in [0.2, 0.25) is 11.8 Å². The number of fused-ring (bicyclic) bond motifs is 3. The first-order chi connectivity index (χ1) is 22.2. The number of hydrogen-bond donors (Lipinski definition) is 3. The molecule has 1 aromatic carbocycles. The quantitative estimate of drug-likeness (QED) is 0.427. The molecule has 5 atom stereocenters. The molecule has 1 unspecified atom stereocenters. The van der Waals surface area contributed by atoms with Gasteiger partial charge >= 0.3 is 12.1 Å². The van der Waals surface area contributed by atoms with Gasteiger partial charge < -0.3 is 25.4 Å². The van der Waals surface area contributed by atoms with E-state index in [1.165, 1.54) is 34.5 Å². The van der Waals surface area contributed by atoms with Crippen LogP contribution < -0.4 is 10.6 Å². The third-order valence-corrected chi connectivity index (χ3v) is 9.17. The summed E-state index contributed by atoms with van der Waals surface area (Å²) >= 11 is 0. The maximum absolute atomic E-state index is 14.3. The molecule has 0 bridgehead atoms. The van der Waals surface area contributed by atoms with Crippen LogP contribution in [-0.4, -0.2) is 84.9 Å². The van der Waals surface area contributed by atoms with Crippen LogP contribution >= 0.6 is 0 Å². The Morgan fingerprint density at radius 3 is 2.74 bits per heavy atom. The van der Waals surface area contributed by atoms with Gasteiger partial charge in [0.05, 0.1) is 19.3 Å². The lowest BCUT2D eigenvalue weighted by Crippen LogP contribution is -2.56. The summed E-state index contributed by atoms with van der Waals surface area (Å²) in [7, 11) is 0. The van der Waals surface area contributed by atoms with E-state index in [0.717, 1.165) is 12.8 Å². The van der Waals surface area contributed by atoms with Crippen LogP contribution in [0.1, 0.15) is 66.6 Å². The van der Waals surface area contributed by atoms with Gasteiger partial charge in [-0.2, -0.15) is 0 Å². The minimum absolute atomic E-state index is 0.0186. The maximum Gasteiger partial charge on any atom is 0.410 e. The summed E-state index contributed by atoms with van der Waals surface area (Å²) < 4.78 is 20.1. The van der Waals surface area contributed by atoms with Gasteiger partial charge in [-0.3, -0.25) is 24.3 Å². The molecule has 1 saturated heterocycles. The number of nitrogens with zero attached hydrogens (tertiary/aromatic N) is 4. The summed E-state index contributed by atoms with van der Waals surface area (Å²) in [5, 5.41) is 15.5. The first-order valence-electron chi connectivity index (χ1n) is 15.5. The topological polar surface area (TPSA) is 171 Å². The fourth-order valence-electron chi connectivity index (χ4n) is 6.52. The molecular weight excluding hydrogens is 599 g/mol. The number of carbonyl (C=O) groups is 5. The van der Waals surface area contributed by atoms with Crippen LogP contribution in [0.5, 0.6) is 0 Å². The minimum atomic E-state index is -1.50. The summed E-state index contributed by atoms with van der Waals surface area (Å²) in [5.41, 5.74) is -0.409. The molecule has 3 aliphatic heterocycles. The molecule has 14 heteroatoms. The van der Waals surface area contributed by atoms with Gasteiger partial charge in [-0.25, -0.2) is 19.0 Å². The zero-order chi connectivity index (χ0) is 32.4. The Bertz CT molecular complexity index is 1570. The Labute approximate surface area is 264 Å². The number of halogens is 1. The van der Waals surface area contributed by atoms with E-state index in [9.17, 15) is 33.5 Å². The number of allylic oxidation sites excluding steroid dienone is 1. The minimum Gasteiger partial charge on any atom is -0.479 e. The summed E-state index contributed by atoms with van der Waals surface area (Å²) in [6.07, 6.45) is 9.42. The first kappa shape index (κ1) is 31.1. The van der Waals surface area contributed by atoms with E-state index in [1.807, 2.05) is 12.2 Å². The van der Waals surface area contributed by atoms with Gasteiger partial charge in [0.1, 0.15) is 35.2 Å². The zero-order valence-electron chi connectivity index (χ0n) is 25.1. The highest BCUT2D eigenvalue weighted by atomic mass is 19.1. The van der Waals surface area contributed by atoms with Crippen molar-refractivity contribution in [3.63, 3.8) is 0 Å². The number of aliphatic carboxylic acids is 1. The van der Waals surface area contributed by atoms with Crippen molar-refractivity contribution in [1.29, 1.82) is 0 Å². The Hall–Kier alpha value is -4.88. The number of ether oxygens (including phenoxy) is 1. The van der Waals surface area contributed by atoms with Crippen molar-refractivity contribution in [1.82, 2.24) is 30.4 Å². The third kappa shape index (κ3) is 6.28. The molecule has 1 aliphatic carbocycles. The van der Waals surface area contributed by atoms with Gasteiger partial charge in [0.25, 0.3) is 5.91 Å². The summed E-state index contributed by atoms with van der Waals surface area (Å²) in [4.78, 5) is 76.9. The second kappa shape index (κ2) is 12.9. The Balaban J connectivity index is 1.24. The Morgan fingerprint density at radius 2 is 1.98 bits per heavy atom. The smallest absolute Gasteiger partial charge is 0.410 e. The van der Waals surface area contributed by atoms with Crippen molar-refractivity contribution >= 4 is 29.8 Å². The standard InChI is InChI=1S/C32H35FN6O7/c33-23-9-6-7-19-16-38(18-22(19)23)31(45)46-21-13-26-28(41)37-32(30(43)44)14-20(32)8-4-2-1-3-5-10-24(29(42)39(26)17-21)36-27(40)25-15-34-11-12-35-25/h4,6-9,11-12,15,20-21,24,26H,1-3,5,10,13-14,16-18H2,(H,36,40)(H,37,41)(H,43,44)/b8-4-/t20-,21+,24-,26?,32+/m0/s1. The predicted molar refractivity (Wildman–Crippen MR) is 158 cm³/mol. The van der Waals surface area contributed by atoms with Crippen molar-refractivity contribution in [2.75, 3.05) is 6.54 Å². The van der Waals surface area contributed by atoms with Gasteiger partial charge in [0, 0.05) is 36.8 Å². The number of aromatic nitrogens is 2. The molecule has 2 aromatic rings. The number of rotatable bonds is 4. The molecule has 3 N–H and O–H groups in total. The van der Waals surface area contributed by atoms with Crippen LogP contribution in [0.4, 0.5) is 9.18 Å². The SMILES string of the molecule is O=C(N[C@H]1CCCCC/C=C\[C@H]2C[C@@]2(C(=O)O)NC(=O)C2C[C@@H](OC(=O)N3Cc4cccc(F)c4C3)CN2C1=O)c1cnccn1. The van der Waals surface area contributed by atoms with Crippen LogP contribution in [-0.2, 0) is 32.2 Å². The van der Waals surface area contributed by atoms with Crippen LogP contribution in [0.25, 0.3) is 0 Å².